The van der Waals surface area contributed by atoms with Gasteiger partial charge in [0.05, 0.1) is 0 Å². The van der Waals surface area contributed by atoms with Gasteiger partial charge in [0, 0.05) is 44.0 Å². The molecular formula is C23H25FN2O3. The number of nitrogens with one attached hydrogen (secondary N) is 1. The Hall–Kier alpha value is -2.89. The number of amides is 2. The molecular weight excluding hydrogens is 371 g/mol. The molecule has 2 aromatic rings. The molecule has 0 bridgehead atoms. The lowest BCUT2D eigenvalue weighted by molar-refractivity contribution is -0.134. The van der Waals surface area contributed by atoms with Crippen LogP contribution < -0.4 is 10.1 Å². The van der Waals surface area contributed by atoms with Gasteiger partial charge in [0.2, 0.25) is 5.91 Å². The molecule has 0 aromatic heterocycles. The van der Waals surface area contributed by atoms with Crippen molar-refractivity contribution in [1.29, 1.82) is 0 Å². The van der Waals surface area contributed by atoms with Gasteiger partial charge in [0.1, 0.15) is 17.7 Å². The predicted molar refractivity (Wildman–Crippen MR) is 107 cm³/mol. The Morgan fingerprint density at radius 1 is 0.966 bits per heavy atom. The number of likely N-dealkylation sites (tertiary alicyclic amines) is 1. The van der Waals surface area contributed by atoms with Gasteiger partial charge in [-0.25, -0.2) is 4.39 Å². The predicted octanol–water partition coefficient (Wildman–Crippen LogP) is 3.54. The molecule has 0 spiro atoms. The maximum absolute atomic E-state index is 12.9. The average Bonchev–Trinajstić information content (AvgIpc) is 3.59. The second-order valence-electron chi connectivity index (χ2n) is 7.75. The van der Waals surface area contributed by atoms with Crippen LogP contribution in [-0.4, -0.2) is 35.9 Å². The lowest BCUT2D eigenvalue weighted by Crippen LogP contribution is -2.42. The number of rotatable bonds is 6. The fourth-order valence-electron chi connectivity index (χ4n) is 3.55. The van der Waals surface area contributed by atoms with Gasteiger partial charge in [-0.1, -0.05) is 12.1 Å². The number of carbonyl (C=O) groups excluding carboxylic acids is 2. The first-order valence-electron chi connectivity index (χ1n) is 10.2. The quantitative estimate of drug-likeness (QED) is 0.813. The second kappa shape index (κ2) is 8.64. The van der Waals surface area contributed by atoms with Crippen molar-refractivity contribution >= 4 is 11.8 Å². The summed E-state index contributed by atoms with van der Waals surface area (Å²) >= 11 is 0. The molecule has 2 amide bonds. The fraction of sp³-hybridized carbons (Fsp3) is 0.391. The van der Waals surface area contributed by atoms with Crippen LogP contribution in [0.4, 0.5) is 4.39 Å². The molecule has 4 rings (SSSR count). The third kappa shape index (κ3) is 5.13. The first-order valence-corrected chi connectivity index (χ1v) is 10.2. The van der Waals surface area contributed by atoms with Gasteiger partial charge in [-0.05, 0) is 54.8 Å². The molecule has 2 fully saturated rings. The minimum atomic E-state index is -0.296. The fourth-order valence-corrected chi connectivity index (χ4v) is 3.55. The van der Waals surface area contributed by atoms with E-state index in [9.17, 15) is 14.0 Å². The Balaban J connectivity index is 1.24. The highest BCUT2D eigenvalue weighted by Crippen LogP contribution is 2.32. The van der Waals surface area contributed by atoms with Crippen molar-refractivity contribution < 1.29 is 18.7 Å². The van der Waals surface area contributed by atoms with Gasteiger partial charge >= 0.3 is 0 Å². The molecule has 1 heterocycles. The van der Waals surface area contributed by atoms with Gasteiger partial charge in [-0.15, -0.1) is 0 Å². The van der Waals surface area contributed by atoms with E-state index in [1.54, 1.807) is 36.4 Å². The summed E-state index contributed by atoms with van der Waals surface area (Å²) in [6, 6.07) is 13.1. The summed E-state index contributed by atoms with van der Waals surface area (Å²) in [5.74, 6) is 0.823. The minimum absolute atomic E-state index is 0.0939. The van der Waals surface area contributed by atoms with Crippen molar-refractivity contribution in [2.75, 3.05) is 13.1 Å². The molecule has 1 aliphatic carbocycles. The molecule has 1 saturated heterocycles. The lowest BCUT2D eigenvalue weighted by atomic mass is 10.1. The molecule has 2 aliphatic rings. The van der Waals surface area contributed by atoms with Crippen LogP contribution in [0.1, 0.15) is 41.6 Å². The highest BCUT2D eigenvalue weighted by atomic mass is 19.1. The summed E-state index contributed by atoms with van der Waals surface area (Å²) in [7, 11) is 0. The zero-order valence-electron chi connectivity index (χ0n) is 16.3. The Morgan fingerprint density at radius 3 is 2.24 bits per heavy atom. The molecule has 6 heteroatoms. The minimum Gasteiger partial charge on any atom is -0.490 e. The monoisotopic (exact) mass is 396 g/mol. The van der Waals surface area contributed by atoms with E-state index in [1.807, 2.05) is 4.90 Å². The number of piperidine rings is 1. The summed E-state index contributed by atoms with van der Waals surface area (Å²) in [6.45, 7) is 1.85. The van der Waals surface area contributed by atoms with E-state index in [2.05, 4.69) is 5.32 Å². The van der Waals surface area contributed by atoms with Crippen LogP contribution >= 0.6 is 0 Å². The maximum atomic E-state index is 12.9. The Morgan fingerprint density at radius 2 is 1.62 bits per heavy atom. The van der Waals surface area contributed by atoms with Crippen LogP contribution in [0, 0.1) is 11.7 Å². The highest BCUT2D eigenvalue weighted by Gasteiger charge is 2.35. The third-order valence-corrected chi connectivity index (χ3v) is 5.47. The summed E-state index contributed by atoms with van der Waals surface area (Å²) in [5.41, 5.74) is 1.38. The van der Waals surface area contributed by atoms with Gasteiger partial charge in [0.15, 0.2) is 0 Å². The second-order valence-corrected chi connectivity index (χ2v) is 7.75. The standard InChI is InChI=1S/C23H25FN2O3/c24-19-7-1-16(2-8-19)15-25-22(27)17-5-9-20(10-6-17)29-21-11-13-26(14-12-21)23(28)18-3-4-18/h1-2,5-10,18,21H,3-4,11-15H2,(H,25,27). The van der Waals surface area contributed by atoms with Crippen molar-refractivity contribution in [3.05, 3.63) is 65.5 Å². The molecule has 29 heavy (non-hydrogen) atoms. The van der Waals surface area contributed by atoms with Crippen LogP contribution in [0.25, 0.3) is 0 Å². The van der Waals surface area contributed by atoms with E-state index in [4.69, 9.17) is 4.74 Å². The number of nitrogens with zero attached hydrogens (tertiary/aromatic N) is 1. The molecule has 1 N–H and O–H groups in total. The topological polar surface area (TPSA) is 58.6 Å². The lowest BCUT2D eigenvalue weighted by Gasteiger charge is -2.32. The van der Waals surface area contributed by atoms with E-state index in [1.165, 1.54) is 12.1 Å². The molecule has 1 aliphatic heterocycles. The van der Waals surface area contributed by atoms with Gasteiger partial charge in [-0.2, -0.15) is 0 Å². The van der Waals surface area contributed by atoms with Crippen molar-refractivity contribution in [3.63, 3.8) is 0 Å². The molecule has 2 aromatic carbocycles. The van der Waals surface area contributed by atoms with E-state index in [0.717, 1.165) is 50.1 Å². The van der Waals surface area contributed by atoms with Crippen LogP contribution in [-0.2, 0) is 11.3 Å². The smallest absolute Gasteiger partial charge is 0.251 e. The van der Waals surface area contributed by atoms with Gasteiger partial charge in [0.25, 0.3) is 5.91 Å². The first-order chi connectivity index (χ1) is 14.1. The molecule has 152 valence electrons. The molecule has 0 atom stereocenters. The van der Waals surface area contributed by atoms with E-state index >= 15 is 0 Å². The van der Waals surface area contributed by atoms with Crippen LogP contribution in [0.15, 0.2) is 48.5 Å². The van der Waals surface area contributed by atoms with E-state index < -0.39 is 0 Å². The van der Waals surface area contributed by atoms with Crippen LogP contribution in [0.3, 0.4) is 0 Å². The Bertz CT molecular complexity index is 855. The Labute approximate surface area is 169 Å². The Kier molecular flexibility index (Phi) is 5.79. The summed E-state index contributed by atoms with van der Waals surface area (Å²) in [5, 5.41) is 2.83. The number of benzene rings is 2. The van der Waals surface area contributed by atoms with E-state index in [-0.39, 0.29) is 23.7 Å². The van der Waals surface area contributed by atoms with Crippen molar-refractivity contribution in [2.45, 2.75) is 38.3 Å². The highest BCUT2D eigenvalue weighted by molar-refractivity contribution is 5.94. The van der Waals surface area contributed by atoms with Crippen molar-refractivity contribution in [3.8, 4) is 5.75 Å². The van der Waals surface area contributed by atoms with Crippen molar-refractivity contribution in [2.24, 2.45) is 5.92 Å². The van der Waals surface area contributed by atoms with Crippen molar-refractivity contribution in [1.82, 2.24) is 10.2 Å². The average molecular weight is 396 g/mol. The molecule has 0 radical (unpaired) electrons. The number of hydrogen-bond donors (Lipinski definition) is 1. The van der Waals surface area contributed by atoms with Gasteiger partial charge < -0.3 is 15.0 Å². The summed E-state index contributed by atoms with van der Waals surface area (Å²) in [4.78, 5) is 26.4. The first kappa shape index (κ1) is 19.4. The zero-order valence-corrected chi connectivity index (χ0v) is 16.3. The van der Waals surface area contributed by atoms with Crippen LogP contribution in [0.5, 0.6) is 5.75 Å². The summed E-state index contributed by atoms with van der Waals surface area (Å²) < 4.78 is 19.0. The van der Waals surface area contributed by atoms with Gasteiger partial charge in [-0.3, -0.25) is 9.59 Å². The maximum Gasteiger partial charge on any atom is 0.251 e. The number of hydrogen-bond acceptors (Lipinski definition) is 3. The summed E-state index contributed by atoms with van der Waals surface area (Å²) in [6.07, 6.45) is 3.84. The molecule has 1 saturated carbocycles. The largest absolute Gasteiger partial charge is 0.490 e. The number of halogens is 1. The zero-order chi connectivity index (χ0) is 20.2. The normalized spacial score (nSPS) is 17.1. The third-order valence-electron chi connectivity index (χ3n) is 5.47. The van der Waals surface area contributed by atoms with E-state index in [0.29, 0.717) is 18.0 Å². The molecule has 5 nitrogen and oxygen atoms in total. The van der Waals surface area contributed by atoms with Crippen LogP contribution in [0.2, 0.25) is 0 Å². The molecule has 0 unspecified atom stereocenters. The SMILES string of the molecule is O=C(NCc1ccc(F)cc1)c1ccc(OC2CCN(C(=O)C3CC3)CC2)cc1. The number of ether oxygens (including phenoxy) is 1. The number of carbonyl (C=O) groups is 2.